The second kappa shape index (κ2) is 3.46. The summed E-state index contributed by atoms with van der Waals surface area (Å²) in [6, 6.07) is 3.56. The molecule has 1 rings (SSSR count). The molecule has 1 N–H and O–H groups in total. The maximum Gasteiger partial charge on any atom is 0.288 e. The number of aromatic nitrogens is 1. The fraction of sp³-hybridized carbons (Fsp3) is 0.556. The van der Waals surface area contributed by atoms with Crippen molar-refractivity contribution in [2.45, 2.75) is 26.3 Å². The largest absolute Gasteiger partial charge is 0.390 e. The van der Waals surface area contributed by atoms with Crippen molar-refractivity contribution < 1.29 is 13.9 Å². The Kier molecular flexibility index (Phi) is 2.71. The lowest BCUT2D eigenvalue weighted by Crippen LogP contribution is -2.28. The summed E-state index contributed by atoms with van der Waals surface area (Å²) < 4.78 is 27.1. The van der Waals surface area contributed by atoms with Gasteiger partial charge in [0, 0.05) is 11.4 Å². The summed E-state index contributed by atoms with van der Waals surface area (Å²) in [4.78, 5) is 0. The van der Waals surface area contributed by atoms with Crippen LogP contribution in [0.5, 0.6) is 0 Å². The first-order valence-corrected chi connectivity index (χ1v) is 4.08. The molecule has 0 amide bonds. The Labute approximate surface area is 75.8 Å². The smallest absolute Gasteiger partial charge is 0.288 e. The van der Waals surface area contributed by atoms with E-state index in [-0.39, 0.29) is 0 Å². The van der Waals surface area contributed by atoms with E-state index in [0.29, 0.717) is 0 Å². The molecule has 1 aromatic heterocycles. The summed E-state index contributed by atoms with van der Waals surface area (Å²) in [6.45, 7) is 1.97. The third-order valence-electron chi connectivity index (χ3n) is 2.04. The van der Waals surface area contributed by atoms with Crippen molar-refractivity contribution >= 4 is 0 Å². The zero-order valence-electron chi connectivity index (χ0n) is 7.72. The molecule has 0 saturated carbocycles. The van der Waals surface area contributed by atoms with Crippen LogP contribution in [0.15, 0.2) is 12.1 Å². The first-order valence-electron chi connectivity index (χ1n) is 4.08. The van der Waals surface area contributed by atoms with E-state index in [1.54, 1.807) is 26.0 Å². The molecule has 0 unspecified atom stereocenters. The molecule has 4 heteroatoms. The third-order valence-corrected chi connectivity index (χ3v) is 2.04. The molecule has 0 spiro atoms. The Morgan fingerprint density at radius 2 is 1.77 bits per heavy atom. The van der Waals surface area contributed by atoms with Crippen molar-refractivity contribution in [1.29, 1.82) is 0 Å². The maximum absolute atomic E-state index is 12.8. The quantitative estimate of drug-likeness (QED) is 0.769. The van der Waals surface area contributed by atoms with Gasteiger partial charge in [0.2, 0.25) is 0 Å². The highest BCUT2D eigenvalue weighted by Crippen LogP contribution is 2.18. The molecule has 0 aliphatic carbocycles. The van der Waals surface area contributed by atoms with E-state index in [1.807, 2.05) is 0 Å². The van der Waals surface area contributed by atoms with Crippen molar-refractivity contribution in [1.82, 2.24) is 4.57 Å². The van der Waals surface area contributed by atoms with Crippen molar-refractivity contribution in [3.63, 3.8) is 0 Å². The van der Waals surface area contributed by atoms with Gasteiger partial charge in [-0.2, -0.15) is 0 Å². The highest BCUT2D eigenvalue weighted by atomic mass is 19.3. The average Bonchev–Trinajstić information content (AvgIpc) is 2.36. The van der Waals surface area contributed by atoms with Crippen molar-refractivity contribution in [2.75, 3.05) is 6.61 Å². The monoisotopic (exact) mass is 189 g/mol. The highest BCUT2D eigenvalue weighted by molar-refractivity contribution is 5.13. The van der Waals surface area contributed by atoms with Gasteiger partial charge in [0.1, 0.15) is 6.61 Å². The Bertz CT molecular complexity index is 274. The number of aryl methyl sites for hydroxylation is 2. The highest BCUT2D eigenvalue weighted by Gasteiger charge is 2.28. The van der Waals surface area contributed by atoms with Gasteiger partial charge in [0.05, 0.1) is 6.54 Å². The van der Waals surface area contributed by atoms with Gasteiger partial charge in [-0.1, -0.05) is 0 Å². The van der Waals surface area contributed by atoms with E-state index in [9.17, 15) is 8.78 Å². The molecule has 2 nitrogen and oxygen atoms in total. The molecule has 0 fully saturated rings. The molecule has 13 heavy (non-hydrogen) atoms. The molecule has 0 atom stereocenters. The Balaban J connectivity index is 2.85. The Hall–Kier alpha value is -0.900. The lowest BCUT2D eigenvalue weighted by atomic mass is 10.3. The topological polar surface area (TPSA) is 25.2 Å². The molecular weight excluding hydrogens is 176 g/mol. The van der Waals surface area contributed by atoms with Crippen molar-refractivity contribution in [3.8, 4) is 0 Å². The molecule has 0 aliphatic heterocycles. The van der Waals surface area contributed by atoms with Crippen LogP contribution >= 0.6 is 0 Å². The van der Waals surface area contributed by atoms with E-state index in [2.05, 4.69) is 0 Å². The first-order chi connectivity index (χ1) is 5.96. The second-order valence-corrected chi connectivity index (χ2v) is 3.22. The van der Waals surface area contributed by atoms with E-state index >= 15 is 0 Å². The lowest BCUT2D eigenvalue weighted by Gasteiger charge is -2.16. The van der Waals surface area contributed by atoms with Gasteiger partial charge in [-0.05, 0) is 26.0 Å². The first kappa shape index (κ1) is 10.2. The number of hydrogen-bond acceptors (Lipinski definition) is 1. The zero-order chi connectivity index (χ0) is 10.1. The Morgan fingerprint density at radius 1 is 1.31 bits per heavy atom. The average molecular weight is 189 g/mol. The molecule has 0 radical (unpaired) electrons. The number of aliphatic hydroxyl groups excluding tert-OH is 1. The maximum atomic E-state index is 12.8. The zero-order valence-corrected chi connectivity index (χ0v) is 7.72. The van der Waals surface area contributed by atoms with Crippen molar-refractivity contribution in [2.24, 2.45) is 0 Å². The van der Waals surface area contributed by atoms with E-state index in [0.717, 1.165) is 11.4 Å². The van der Waals surface area contributed by atoms with Crippen molar-refractivity contribution in [3.05, 3.63) is 23.5 Å². The van der Waals surface area contributed by atoms with Crippen LogP contribution in [0.25, 0.3) is 0 Å². The van der Waals surface area contributed by atoms with Crippen LogP contribution in [0.4, 0.5) is 8.78 Å². The SMILES string of the molecule is Cc1ccc(C)n1CC(F)(F)CO. The molecule has 74 valence electrons. The number of aliphatic hydroxyl groups is 1. The number of hydrogen-bond donors (Lipinski definition) is 1. The predicted molar refractivity (Wildman–Crippen MR) is 45.9 cm³/mol. The summed E-state index contributed by atoms with van der Waals surface area (Å²) in [7, 11) is 0. The molecule has 1 aromatic rings. The predicted octanol–water partition coefficient (Wildman–Crippen LogP) is 1.73. The number of alkyl halides is 2. The van der Waals surface area contributed by atoms with E-state index in [4.69, 9.17) is 5.11 Å². The normalized spacial score (nSPS) is 12.1. The fourth-order valence-corrected chi connectivity index (χ4v) is 1.23. The van der Waals surface area contributed by atoms with Gasteiger partial charge in [-0.25, -0.2) is 8.78 Å². The molecule has 0 aromatic carbocycles. The summed E-state index contributed by atoms with van der Waals surface area (Å²) in [5.74, 6) is -3.03. The second-order valence-electron chi connectivity index (χ2n) is 3.22. The van der Waals surface area contributed by atoms with Gasteiger partial charge in [0.25, 0.3) is 5.92 Å². The molecule has 0 saturated heterocycles. The number of rotatable bonds is 3. The minimum atomic E-state index is -3.03. The van der Waals surface area contributed by atoms with Crippen LogP contribution in [-0.4, -0.2) is 22.2 Å². The standard InChI is InChI=1S/C9H13F2NO/c1-7-3-4-8(2)12(7)5-9(10,11)6-13/h3-4,13H,5-6H2,1-2H3. The molecular formula is C9H13F2NO. The van der Waals surface area contributed by atoms with Gasteiger partial charge < -0.3 is 9.67 Å². The third kappa shape index (κ3) is 2.28. The summed E-state index contributed by atoms with van der Waals surface area (Å²) in [5, 5.41) is 8.41. The lowest BCUT2D eigenvalue weighted by molar-refractivity contribution is -0.0634. The van der Waals surface area contributed by atoms with Gasteiger partial charge in [0.15, 0.2) is 0 Å². The minimum Gasteiger partial charge on any atom is -0.390 e. The molecule has 1 heterocycles. The van der Waals surface area contributed by atoms with Gasteiger partial charge in [-0.3, -0.25) is 0 Å². The van der Waals surface area contributed by atoms with Gasteiger partial charge in [-0.15, -0.1) is 0 Å². The van der Waals surface area contributed by atoms with Crippen LogP contribution < -0.4 is 0 Å². The summed E-state index contributed by atoms with van der Waals surface area (Å²) in [5.41, 5.74) is 1.57. The van der Waals surface area contributed by atoms with Crippen LogP contribution in [-0.2, 0) is 6.54 Å². The minimum absolute atomic E-state index is 0.450. The van der Waals surface area contributed by atoms with E-state index in [1.165, 1.54) is 4.57 Å². The molecule has 0 bridgehead atoms. The molecule has 0 aliphatic rings. The summed E-state index contributed by atoms with van der Waals surface area (Å²) in [6.07, 6.45) is 0. The van der Waals surface area contributed by atoms with Gasteiger partial charge >= 0.3 is 0 Å². The Morgan fingerprint density at radius 3 is 2.15 bits per heavy atom. The summed E-state index contributed by atoms with van der Waals surface area (Å²) >= 11 is 0. The van der Waals surface area contributed by atoms with Crippen LogP contribution in [0, 0.1) is 13.8 Å². The van der Waals surface area contributed by atoms with Crippen LogP contribution in [0.2, 0.25) is 0 Å². The van der Waals surface area contributed by atoms with E-state index < -0.39 is 19.1 Å². The van der Waals surface area contributed by atoms with Crippen LogP contribution in [0.3, 0.4) is 0 Å². The fourth-order valence-electron chi connectivity index (χ4n) is 1.23. The van der Waals surface area contributed by atoms with Crippen LogP contribution in [0.1, 0.15) is 11.4 Å². The number of halogens is 2. The number of nitrogens with zero attached hydrogens (tertiary/aromatic N) is 1.